The number of nitrogens with zero attached hydrogens (tertiary/aromatic N) is 3. The first kappa shape index (κ1) is 18.6. The first-order chi connectivity index (χ1) is 13.5. The summed E-state index contributed by atoms with van der Waals surface area (Å²) in [7, 11) is 0. The van der Waals surface area contributed by atoms with Crippen LogP contribution in [0.5, 0.6) is 0 Å². The molecule has 0 fully saturated rings. The number of nitrogens with one attached hydrogen (secondary N) is 1. The molecule has 0 saturated carbocycles. The molecule has 0 unspecified atom stereocenters. The van der Waals surface area contributed by atoms with Gasteiger partial charge in [-0.1, -0.05) is 5.16 Å². The summed E-state index contributed by atoms with van der Waals surface area (Å²) in [5.41, 5.74) is 4.12. The lowest BCUT2D eigenvalue weighted by Crippen LogP contribution is -2.13. The second kappa shape index (κ2) is 7.73. The van der Waals surface area contributed by atoms with E-state index in [1.165, 1.54) is 11.8 Å². The van der Waals surface area contributed by atoms with Crippen molar-refractivity contribution in [1.82, 2.24) is 15.1 Å². The van der Waals surface area contributed by atoms with Gasteiger partial charge >= 0.3 is 0 Å². The number of anilines is 1. The quantitative estimate of drug-likeness (QED) is 0.458. The van der Waals surface area contributed by atoms with Crippen molar-refractivity contribution in [3.8, 4) is 0 Å². The van der Waals surface area contributed by atoms with Crippen molar-refractivity contribution in [1.29, 1.82) is 0 Å². The summed E-state index contributed by atoms with van der Waals surface area (Å²) in [5.74, 6) is 1.25. The van der Waals surface area contributed by atoms with E-state index in [-0.39, 0.29) is 5.91 Å². The number of carbonyl (C=O) groups is 1. The zero-order valence-corrected chi connectivity index (χ0v) is 17.3. The minimum Gasteiger partial charge on any atom is -0.361 e. The predicted octanol–water partition coefficient (Wildman–Crippen LogP) is 5.15. The van der Waals surface area contributed by atoms with Gasteiger partial charge in [-0.25, -0.2) is 9.97 Å². The highest BCUT2D eigenvalue weighted by molar-refractivity contribution is 7.98. The molecule has 142 valence electrons. The van der Waals surface area contributed by atoms with Gasteiger partial charge in [-0.3, -0.25) is 4.79 Å². The number of aromatic nitrogens is 3. The maximum absolute atomic E-state index is 12.9. The molecule has 4 aromatic rings. The molecule has 0 aliphatic heterocycles. The van der Waals surface area contributed by atoms with E-state index in [0.29, 0.717) is 16.3 Å². The summed E-state index contributed by atoms with van der Waals surface area (Å²) in [6, 6.07) is 9.29. The molecule has 0 saturated heterocycles. The van der Waals surface area contributed by atoms with Gasteiger partial charge < -0.3 is 9.84 Å². The number of carbonyl (C=O) groups excluding carboxylic acids is 1. The van der Waals surface area contributed by atoms with Crippen molar-refractivity contribution in [2.24, 2.45) is 0 Å². The van der Waals surface area contributed by atoms with Gasteiger partial charge in [-0.15, -0.1) is 23.1 Å². The molecule has 0 aliphatic rings. The van der Waals surface area contributed by atoms with E-state index < -0.39 is 0 Å². The van der Waals surface area contributed by atoms with Crippen LogP contribution in [0.2, 0.25) is 0 Å². The highest BCUT2D eigenvalue weighted by atomic mass is 32.2. The molecular weight excluding hydrogens is 392 g/mol. The molecule has 4 rings (SSSR count). The normalized spacial score (nSPS) is 11.1. The summed E-state index contributed by atoms with van der Waals surface area (Å²) >= 11 is 3.11. The van der Waals surface area contributed by atoms with Gasteiger partial charge in [0.05, 0.1) is 26.5 Å². The number of benzene rings is 1. The number of rotatable bonds is 5. The summed E-state index contributed by atoms with van der Waals surface area (Å²) in [4.78, 5) is 21.7. The van der Waals surface area contributed by atoms with E-state index in [0.717, 1.165) is 37.9 Å². The van der Waals surface area contributed by atoms with Crippen LogP contribution >= 0.6 is 23.1 Å². The summed E-state index contributed by atoms with van der Waals surface area (Å²) in [6.45, 7) is 5.77. The number of aryl methyl sites for hydroxylation is 3. The van der Waals surface area contributed by atoms with Crippen LogP contribution in [-0.4, -0.2) is 21.0 Å². The maximum Gasteiger partial charge on any atom is 0.258 e. The van der Waals surface area contributed by atoms with Gasteiger partial charge in [0.2, 0.25) is 0 Å². The Morgan fingerprint density at radius 2 is 2.11 bits per heavy atom. The largest absolute Gasteiger partial charge is 0.361 e. The maximum atomic E-state index is 12.9. The molecular formula is C20H18N4O2S2. The van der Waals surface area contributed by atoms with Gasteiger partial charge in [-0.05, 0) is 51.1 Å². The molecule has 0 bridgehead atoms. The number of amides is 1. The van der Waals surface area contributed by atoms with E-state index in [1.54, 1.807) is 29.7 Å². The molecule has 1 amide bonds. The number of pyridine rings is 1. The Hall–Kier alpha value is -2.71. The zero-order chi connectivity index (χ0) is 19.7. The van der Waals surface area contributed by atoms with Crippen LogP contribution in [0.25, 0.3) is 10.2 Å². The van der Waals surface area contributed by atoms with E-state index in [4.69, 9.17) is 4.52 Å². The summed E-state index contributed by atoms with van der Waals surface area (Å²) in [6.07, 6.45) is 1.69. The number of thioether (sulfide) groups is 1. The predicted molar refractivity (Wildman–Crippen MR) is 112 cm³/mol. The highest BCUT2D eigenvalue weighted by Crippen LogP contribution is 2.29. The van der Waals surface area contributed by atoms with Gasteiger partial charge in [-0.2, -0.15) is 0 Å². The SMILES string of the molecule is Cc1nc2ccc(NC(=O)c3cccnc3SCc3c(C)noc3C)cc2s1. The molecule has 3 heterocycles. The van der Waals surface area contributed by atoms with Crippen molar-refractivity contribution < 1.29 is 9.32 Å². The van der Waals surface area contributed by atoms with Crippen molar-refractivity contribution in [3.63, 3.8) is 0 Å². The first-order valence-corrected chi connectivity index (χ1v) is 10.5. The van der Waals surface area contributed by atoms with Crippen molar-refractivity contribution >= 4 is 44.9 Å². The lowest BCUT2D eigenvalue weighted by Gasteiger charge is -2.09. The summed E-state index contributed by atoms with van der Waals surface area (Å²) < 4.78 is 6.26. The van der Waals surface area contributed by atoms with Gasteiger partial charge in [0.25, 0.3) is 5.91 Å². The topological polar surface area (TPSA) is 80.9 Å². The lowest BCUT2D eigenvalue weighted by atomic mass is 10.2. The standard InChI is InChI=1S/C20H18N4O2S2/c1-11-16(12(2)26-24-11)10-27-20-15(5-4-8-21-20)19(25)23-14-6-7-17-18(9-14)28-13(3)22-17/h4-9H,10H2,1-3H3,(H,23,25). The van der Waals surface area contributed by atoms with E-state index in [1.807, 2.05) is 39.0 Å². The van der Waals surface area contributed by atoms with Crippen molar-refractivity contribution in [2.75, 3.05) is 5.32 Å². The Bertz CT molecular complexity index is 1150. The third-order valence-electron chi connectivity index (χ3n) is 4.30. The summed E-state index contributed by atoms with van der Waals surface area (Å²) in [5, 5.41) is 8.63. The number of hydrogen-bond acceptors (Lipinski definition) is 7. The molecule has 0 spiro atoms. The average Bonchev–Trinajstić information content (AvgIpc) is 3.20. The van der Waals surface area contributed by atoms with Crippen LogP contribution in [0.3, 0.4) is 0 Å². The fraction of sp³-hybridized carbons (Fsp3) is 0.200. The Morgan fingerprint density at radius 3 is 2.89 bits per heavy atom. The van der Waals surface area contributed by atoms with Gasteiger partial charge in [0.1, 0.15) is 10.8 Å². The number of fused-ring (bicyclic) bond motifs is 1. The Morgan fingerprint density at radius 1 is 1.25 bits per heavy atom. The van der Waals surface area contributed by atoms with E-state index in [9.17, 15) is 4.79 Å². The monoisotopic (exact) mass is 410 g/mol. The third kappa shape index (κ3) is 3.79. The minimum absolute atomic E-state index is 0.185. The smallest absolute Gasteiger partial charge is 0.258 e. The van der Waals surface area contributed by atoms with Crippen LogP contribution < -0.4 is 5.32 Å². The zero-order valence-electron chi connectivity index (χ0n) is 15.6. The Labute approximate surface area is 170 Å². The molecule has 8 heteroatoms. The van der Waals surface area contributed by atoms with Crippen LogP contribution in [0.4, 0.5) is 5.69 Å². The van der Waals surface area contributed by atoms with Crippen LogP contribution in [0.15, 0.2) is 46.1 Å². The van der Waals surface area contributed by atoms with E-state index in [2.05, 4.69) is 20.4 Å². The van der Waals surface area contributed by atoms with Crippen LogP contribution in [-0.2, 0) is 5.75 Å². The van der Waals surface area contributed by atoms with Crippen molar-refractivity contribution in [3.05, 3.63) is 64.1 Å². The van der Waals surface area contributed by atoms with Gasteiger partial charge in [0.15, 0.2) is 0 Å². The lowest BCUT2D eigenvalue weighted by molar-refractivity contribution is 0.102. The molecule has 1 N–H and O–H groups in total. The molecule has 3 aromatic heterocycles. The molecule has 1 aromatic carbocycles. The number of thiazole rings is 1. The Kier molecular flexibility index (Phi) is 5.15. The first-order valence-electron chi connectivity index (χ1n) is 8.69. The molecule has 0 radical (unpaired) electrons. The fourth-order valence-electron chi connectivity index (χ4n) is 2.84. The molecule has 6 nitrogen and oxygen atoms in total. The Balaban J connectivity index is 1.53. The molecule has 0 atom stereocenters. The molecule has 28 heavy (non-hydrogen) atoms. The van der Waals surface area contributed by atoms with Crippen LogP contribution in [0.1, 0.15) is 32.4 Å². The average molecular weight is 411 g/mol. The van der Waals surface area contributed by atoms with E-state index >= 15 is 0 Å². The minimum atomic E-state index is -0.185. The third-order valence-corrected chi connectivity index (χ3v) is 6.27. The second-order valence-corrected chi connectivity index (χ2v) is 8.52. The second-order valence-electron chi connectivity index (χ2n) is 6.32. The van der Waals surface area contributed by atoms with Crippen LogP contribution in [0, 0.1) is 20.8 Å². The molecule has 0 aliphatic carbocycles. The fourth-order valence-corrected chi connectivity index (χ4v) is 4.85. The number of hydrogen-bond donors (Lipinski definition) is 1. The van der Waals surface area contributed by atoms with Crippen molar-refractivity contribution in [2.45, 2.75) is 31.6 Å². The highest BCUT2D eigenvalue weighted by Gasteiger charge is 2.16. The van der Waals surface area contributed by atoms with Gasteiger partial charge in [0, 0.05) is 23.2 Å².